The minimum Gasteiger partial charge on any atom is -0.306 e. The van der Waals surface area contributed by atoms with Gasteiger partial charge < -0.3 is 4.90 Å². The van der Waals surface area contributed by atoms with Gasteiger partial charge in [0.1, 0.15) is 0 Å². The topological polar surface area (TPSA) is 15.6 Å². The number of allylic oxidation sites excluding steroid dienone is 5. The third kappa shape index (κ3) is 2.75. The molecule has 0 N–H and O–H groups in total. The maximum absolute atomic E-state index is 5.02. The van der Waals surface area contributed by atoms with E-state index in [1.165, 1.54) is 53.9 Å². The Morgan fingerprint density at radius 2 is 2.23 bits per heavy atom. The molecule has 1 aromatic heterocycles. The summed E-state index contributed by atoms with van der Waals surface area (Å²) < 4.78 is 0. The lowest BCUT2D eigenvalue weighted by molar-refractivity contribution is 0.317. The van der Waals surface area contributed by atoms with Crippen LogP contribution in [-0.4, -0.2) is 30.7 Å². The highest BCUT2D eigenvalue weighted by molar-refractivity contribution is 7.08. The van der Waals surface area contributed by atoms with Crippen molar-refractivity contribution in [3.05, 3.63) is 51.9 Å². The second-order valence-corrected chi connectivity index (χ2v) is 7.37. The molecule has 22 heavy (non-hydrogen) atoms. The number of nitrogens with zero attached hydrogens (tertiary/aromatic N) is 2. The maximum Gasteiger partial charge on any atom is 0.0523 e. The van der Waals surface area contributed by atoms with Crippen LogP contribution in [-0.2, 0) is 0 Å². The molecule has 3 aliphatic rings. The molecule has 4 rings (SSSR count). The predicted molar refractivity (Wildman–Crippen MR) is 95.4 cm³/mol. The van der Waals surface area contributed by atoms with Crippen LogP contribution < -0.4 is 0 Å². The summed E-state index contributed by atoms with van der Waals surface area (Å²) in [4.78, 5) is 7.48. The van der Waals surface area contributed by atoms with Gasteiger partial charge in [0.15, 0.2) is 0 Å². The summed E-state index contributed by atoms with van der Waals surface area (Å²) in [5, 5.41) is 4.38. The summed E-state index contributed by atoms with van der Waals surface area (Å²) in [5.74, 6) is 0.607. The Balaban J connectivity index is 1.54. The molecule has 2 nitrogen and oxygen atoms in total. The van der Waals surface area contributed by atoms with Crippen LogP contribution in [0.3, 0.4) is 0 Å². The fraction of sp³-hybridized carbons (Fsp3) is 0.421. The van der Waals surface area contributed by atoms with Crippen molar-refractivity contribution in [3.63, 3.8) is 0 Å². The van der Waals surface area contributed by atoms with E-state index in [1.54, 1.807) is 11.3 Å². The van der Waals surface area contributed by atoms with E-state index in [4.69, 9.17) is 4.99 Å². The Labute approximate surface area is 136 Å². The first-order chi connectivity index (χ1) is 10.8. The van der Waals surface area contributed by atoms with E-state index in [0.29, 0.717) is 5.92 Å². The van der Waals surface area contributed by atoms with E-state index in [1.807, 2.05) is 0 Å². The number of thiophene rings is 1. The van der Waals surface area contributed by atoms with Crippen LogP contribution in [0, 0.1) is 5.92 Å². The number of fused-ring (bicyclic) bond motifs is 1. The molecule has 114 valence electrons. The third-order valence-electron chi connectivity index (χ3n) is 4.91. The van der Waals surface area contributed by atoms with Crippen LogP contribution in [0.25, 0.3) is 5.57 Å². The first-order valence-electron chi connectivity index (χ1n) is 8.21. The van der Waals surface area contributed by atoms with Gasteiger partial charge in [-0.2, -0.15) is 11.3 Å². The van der Waals surface area contributed by atoms with Crippen molar-refractivity contribution in [3.8, 4) is 0 Å². The summed E-state index contributed by atoms with van der Waals surface area (Å²) in [6, 6.07) is 2.21. The standard InChI is InChI=1S/C19H22N2S/c1-21-8-3-2-4-16(12-21)19-11-15-6-5-14(10-18(15)20-19)17-7-9-22-13-17/h5-7,9,11,13,16H,2-4,8,10,12H2,1H3. The largest absolute Gasteiger partial charge is 0.306 e. The van der Waals surface area contributed by atoms with Crippen molar-refractivity contribution in [2.75, 3.05) is 20.1 Å². The Morgan fingerprint density at radius 1 is 1.27 bits per heavy atom. The summed E-state index contributed by atoms with van der Waals surface area (Å²) in [6.07, 6.45) is 11.8. The summed E-state index contributed by atoms with van der Waals surface area (Å²) in [7, 11) is 2.24. The number of hydrogen-bond acceptors (Lipinski definition) is 3. The second-order valence-electron chi connectivity index (χ2n) is 6.59. The van der Waals surface area contributed by atoms with Crippen LogP contribution in [0.2, 0.25) is 0 Å². The number of aliphatic imine (C=N–C) groups is 1. The fourth-order valence-electron chi connectivity index (χ4n) is 3.64. The average molecular weight is 310 g/mol. The highest BCUT2D eigenvalue weighted by Gasteiger charge is 2.25. The predicted octanol–water partition coefficient (Wildman–Crippen LogP) is 4.53. The SMILES string of the molecule is CN1CCCCC(C2=CC3=CC=C(c4ccsc4)CC3=N2)C1. The van der Waals surface area contributed by atoms with Gasteiger partial charge in [-0.05, 0) is 66.0 Å². The van der Waals surface area contributed by atoms with Gasteiger partial charge in [-0.15, -0.1) is 0 Å². The van der Waals surface area contributed by atoms with Crippen molar-refractivity contribution < 1.29 is 0 Å². The zero-order valence-corrected chi connectivity index (χ0v) is 13.9. The second kappa shape index (κ2) is 5.98. The van der Waals surface area contributed by atoms with Gasteiger partial charge in [-0.1, -0.05) is 18.6 Å². The van der Waals surface area contributed by atoms with Gasteiger partial charge in [-0.3, -0.25) is 4.99 Å². The molecule has 1 aromatic rings. The van der Waals surface area contributed by atoms with E-state index < -0.39 is 0 Å². The molecule has 0 aromatic carbocycles. The van der Waals surface area contributed by atoms with Gasteiger partial charge >= 0.3 is 0 Å². The first kappa shape index (κ1) is 14.2. The van der Waals surface area contributed by atoms with Crippen molar-refractivity contribution in [2.45, 2.75) is 25.7 Å². The van der Waals surface area contributed by atoms with Crippen LogP contribution in [0.1, 0.15) is 31.2 Å². The van der Waals surface area contributed by atoms with Crippen molar-refractivity contribution in [2.24, 2.45) is 10.9 Å². The lowest BCUT2D eigenvalue weighted by Crippen LogP contribution is -2.24. The Morgan fingerprint density at radius 3 is 3.09 bits per heavy atom. The minimum atomic E-state index is 0.607. The molecule has 1 aliphatic carbocycles. The molecule has 1 atom stereocenters. The van der Waals surface area contributed by atoms with Gasteiger partial charge in [0.2, 0.25) is 0 Å². The minimum absolute atomic E-state index is 0.607. The molecule has 0 amide bonds. The highest BCUT2D eigenvalue weighted by atomic mass is 32.1. The Bertz CT molecular complexity index is 676. The van der Waals surface area contributed by atoms with E-state index in [2.05, 4.69) is 47.0 Å². The quantitative estimate of drug-likeness (QED) is 0.783. The first-order valence-corrected chi connectivity index (χ1v) is 9.15. The lowest BCUT2D eigenvalue weighted by atomic mass is 9.93. The fourth-order valence-corrected chi connectivity index (χ4v) is 4.32. The maximum atomic E-state index is 5.02. The molecular formula is C19H22N2S. The molecule has 0 bridgehead atoms. The molecule has 0 saturated carbocycles. The van der Waals surface area contributed by atoms with Crippen LogP contribution in [0.15, 0.2) is 51.3 Å². The highest BCUT2D eigenvalue weighted by Crippen LogP contribution is 2.34. The van der Waals surface area contributed by atoms with E-state index in [-0.39, 0.29) is 0 Å². The van der Waals surface area contributed by atoms with Gasteiger partial charge in [0.05, 0.1) is 5.71 Å². The monoisotopic (exact) mass is 310 g/mol. The van der Waals surface area contributed by atoms with Crippen LogP contribution >= 0.6 is 11.3 Å². The van der Waals surface area contributed by atoms with E-state index in [0.717, 1.165) is 13.0 Å². The smallest absolute Gasteiger partial charge is 0.0523 e. The third-order valence-corrected chi connectivity index (χ3v) is 5.59. The molecule has 3 heteroatoms. The normalized spacial score (nSPS) is 25.8. The number of rotatable bonds is 2. The van der Waals surface area contributed by atoms with Gasteiger partial charge in [-0.25, -0.2) is 0 Å². The Hall–Kier alpha value is -1.45. The van der Waals surface area contributed by atoms with Gasteiger partial charge in [0.25, 0.3) is 0 Å². The number of likely N-dealkylation sites (tertiary alicyclic amines) is 1. The Kier molecular flexibility index (Phi) is 3.85. The molecule has 2 aliphatic heterocycles. The van der Waals surface area contributed by atoms with Crippen LogP contribution in [0.5, 0.6) is 0 Å². The molecule has 0 spiro atoms. The summed E-state index contributed by atoms with van der Waals surface area (Å²) >= 11 is 1.76. The van der Waals surface area contributed by atoms with E-state index in [9.17, 15) is 0 Å². The summed E-state index contributed by atoms with van der Waals surface area (Å²) in [5.41, 5.74) is 6.67. The molecule has 1 saturated heterocycles. The molecular weight excluding hydrogens is 288 g/mol. The van der Waals surface area contributed by atoms with Gasteiger partial charge in [0, 0.05) is 24.6 Å². The number of hydrogen-bond donors (Lipinski definition) is 0. The zero-order valence-electron chi connectivity index (χ0n) is 13.1. The molecule has 0 radical (unpaired) electrons. The lowest BCUT2D eigenvalue weighted by Gasteiger charge is -2.19. The van der Waals surface area contributed by atoms with E-state index >= 15 is 0 Å². The molecule has 1 unspecified atom stereocenters. The van der Waals surface area contributed by atoms with Crippen molar-refractivity contribution >= 4 is 22.6 Å². The van der Waals surface area contributed by atoms with Crippen molar-refractivity contribution in [1.82, 2.24) is 4.90 Å². The molecule has 3 heterocycles. The van der Waals surface area contributed by atoms with Crippen LogP contribution in [0.4, 0.5) is 0 Å². The molecule has 1 fully saturated rings. The zero-order chi connectivity index (χ0) is 14.9. The van der Waals surface area contributed by atoms with Crippen molar-refractivity contribution in [1.29, 1.82) is 0 Å². The summed E-state index contributed by atoms with van der Waals surface area (Å²) in [6.45, 7) is 2.38. The average Bonchev–Trinajstić information content (AvgIpc) is 3.14.